The van der Waals surface area contributed by atoms with Gasteiger partial charge in [0.05, 0.1) is 5.56 Å². The van der Waals surface area contributed by atoms with E-state index in [1.807, 2.05) is 0 Å². The fraction of sp³-hybridized carbons (Fsp3) is 0.625. The van der Waals surface area contributed by atoms with Gasteiger partial charge in [0.1, 0.15) is 0 Å². The molecule has 1 saturated carbocycles. The summed E-state index contributed by atoms with van der Waals surface area (Å²) >= 11 is 0. The fourth-order valence-corrected chi connectivity index (χ4v) is 3.28. The average molecular weight is 313 g/mol. The van der Waals surface area contributed by atoms with Crippen molar-refractivity contribution in [2.45, 2.75) is 38.0 Å². The zero-order valence-electron chi connectivity index (χ0n) is 12.6. The summed E-state index contributed by atoms with van der Waals surface area (Å²) in [5.74, 6) is 0. The number of anilines is 1. The third-order valence-electron chi connectivity index (χ3n) is 4.83. The maximum atomic E-state index is 13.1. The van der Waals surface area contributed by atoms with E-state index in [1.54, 1.807) is 6.07 Å². The van der Waals surface area contributed by atoms with Crippen LogP contribution in [0.25, 0.3) is 0 Å². The third kappa shape index (κ3) is 3.38. The van der Waals surface area contributed by atoms with E-state index >= 15 is 0 Å². The van der Waals surface area contributed by atoms with E-state index in [0.717, 1.165) is 32.2 Å². The van der Waals surface area contributed by atoms with E-state index in [2.05, 4.69) is 9.80 Å². The standard InChI is InChI=1S/C16H22F3N3/c17-16(18,19)15-10-13(20)5-4-12(15)11-21-6-8-22(9-7-21)14-2-1-3-14/h4-5,10,14H,1-3,6-9,11,20H2. The number of rotatable bonds is 3. The summed E-state index contributed by atoms with van der Waals surface area (Å²) in [6, 6.07) is 4.82. The molecule has 1 saturated heterocycles. The Labute approximate surface area is 128 Å². The summed E-state index contributed by atoms with van der Waals surface area (Å²) in [7, 11) is 0. The van der Waals surface area contributed by atoms with E-state index in [0.29, 0.717) is 18.2 Å². The molecule has 0 unspecified atom stereocenters. The van der Waals surface area contributed by atoms with Crippen molar-refractivity contribution in [3.63, 3.8) is 0 Å². The molecule has 2 aliphatic rings. The fourth-order valence-electron chi connectivity index (χ4n) is 3.28. The lowest BCUT2D eigenvalue weighted by molar-refractivity contribution is -0.138. The number of halogens is 3. The Balaban J connectivity index is 1.64. The first-order chi connectivity index (χ1) is 10.4. The van der Waals surface area contributed by atoms with Gasteiger partial charge in [0.15, 0.2) is 0 Å². The predicted octanol–water partition coefficient (Wildman–Crippen LogP) is 2.96. The number of hydrogen-bond donors (Lipinski definition) is 1. The Hall–Kier alpha value is -1.27. The summed E-state index contributed by atoms with van der Waals surface area (Å²) in [5, 5.41) is 0. The van der Waals surface area contributed by atoms with Crippen LogP contribution in [0.3, 0.4) is 0 Å². The van der Waals surface area contributed by atoms with Crippen LogP contribution in [0.2, 0.25) is 0 Å². The highest BCUT2D eigenvalue weighted by atomic mass is 19.4. The van der Waals surface area contributed by atoms with Gasteiger partial charge in [0.25, 0.3) is 0 Å². The number of nitrogens with zero attached hydrogens (tertiary/aromatic N) is 2. The van der Waals surface area contributed by atoms with E-state index in [1.165, 1.54) is 25.3 Å². The Morgan fingerprint density at radius 1 is 1.09 bits per heavy atom. The molecule has 0 bridgehead atoms. The van der Waals surface area contributed by atoms with Gasteiger partial charge in [-0.25, -0.2) is 0 Å². The Morgan fingerprint density at radius 2 is 1.77 bits per heavy atom. The van der Waals surface area contributed by atoms with Gasteiger partial charge in [-0.15, -0.1) is 0 Å². The molecular formula is C16H22F3N3. The molecule has 1 aliphatic heterocycles. The molecule has 1 aromatic carbocycles. The minimum Gasteiger partial charge on any atom is -0.399 e. The van der Waals surface area contributed by atoms with Crippen molar-refractivity contribution in [2.75, 3.05) is 31.9 Å². The van der Waals surface area contributed by atoms with Gasteiger partial charge in [-0.1, -0.05) is 12.5 Å². The van der Waals surface area contributed by atoms with Crippen molar-refractivity contribution >= 4 is 5.69 Å². The lowest BCUT2D eigenvalue weighted by Gasteiger charge is -2.43. The molecule has 2 N–H and O–H groups in total. The Morgan fingerprint density at radius 3 is 2.32 bits per heavy atom. The number of piperazine rings is 1. The molecule has 6 heteroatoms. The molecule has 1 aliphatic carbocycles. The van der Waals surface area contributed by atoms with Gasteiger partial charge >= 0.3 is 6.18 Å². The molecule has 122 valence electrons. The third-order valence-corrected chi connectivity index (χ3v) is 4.83. The summed E-state index contributed by atoms with van der Waals surface area (Å²) in [6.45, 7) is 3.92. The summed E-state index contributed by atoms with van der Waals surface area (Å²) in [5.41, 5.74) is 5.38. The second-order valence-corrected chi connectivity index (χ2v) is 6.31. The number of hydrogen-bond acceptors (Lipinski definition) is 3. The number of nitrogen functional groups attached to an aromatic ring is 1. The quantitative estimate of drug-likeness (QED) is 0.871. The molecule has 0 spiro atoms. The van der Waals surface area contributed by atoms with Crippen molar-refractivity contribution < 1.29 is 13.2 Å². The lowest BCUT2D eigenvalue weighted by Crippen LogP contribution is -2.51. The first kappa shape index (κ1) is 15.6. The first-order valence-electron chi connectivity index (χ1n) is 7.85. The largest absolute Gasteiger partial charge is 0.416 e. The maximum absolute atomic E-state index is 13.1. The zero-order chi connectivity index (χ0) is 15.7. The second-order valence-electron chi connectivity index (χ2n) is 6.31. The molecular weight excluding hydrogens is 291 g/mol. The van der Waals surface area contributed by atoms with Gasteiger partial charge in [-0.05, 0) is 30.5 Å². The highest BCUT2D eigenvalue weighted by Gasteiger charge is 2.34. The topological polar surface area (TPSA) is 32.5 Å². The molecule has 3 nitrogen and oxygen atoms in total. The number of alkyl halides is 3. The van der Waals surface area contributed by atoms with Gasteiger partial charge in [0, 0.05) is 44.5 Å². The Bertz CT molecular complexity index is 518. The van der Waals surface area contributed by atoms with Crippen molar-refractivity contribution in [1.82, 2.24) is 9.80 Å². The maximum Gasteiger partial charge on any atom is 0.416 e. The molecule has 0 amide bonds. The SMILES string of the molecule is Nc1ccc(CN2CCN(C3CCC3)CC2)c(C(F)(F)F)c1. The van der Waals surface area contributed by atoms with Gasteiger partial charge in [0.2, 0.25) is 0 Å². The number of nitrogens with two attached hydrogens (primary N) is 1. The molecule has 1 aromatic rings. The monoisotopic (exact) mass is 313 g/mol. The van der Waals surface area contributed by atoms with E-state index in [9.17, 15) is 13.2 Å². The molecule has 0 atom stereocenters. The van der Waals surface area contributed by atoms with Crippen LogP contribution in [-0.4, -0.2) is 42.0 Å². The van der Waals surface area contributed by atoms with Crippen LogP contribution in [0.5, 0.6) is 0 Å². The Kier molecular flexibility index (Phi) is 4.32. The van der Waals surface area contributed by atoms with Crippen LogP contribution in [0.15, 0.2) is 18.2 Å². The minimum atomic E-state index is -4.35. The van der Waals surface area contributed by atoms with Crippen LogP contribution in [0.1, 0.15) is 30.4 Å². The second kappa shape index (κ2) is 6.08. The summed E-state index contributed by atoms with van der Waals surface area (Å²) in [4.78, 5) is 4.59. The van der Waals surface area contributed by atoms with Gasteiger partial charge in [-0.2, -0.15) is 13.2 Å². The van der Waals surface area contributed by atoms with Crippen LogP contribution < -0.4 is 5.73 Å². The van der Waals surface area contributed by atoms with Crippen LogP contribution in [0.4, 0.5) is 18.9 Å². The number of benzene rings is 1. The van der Waals surface area contributed by atoms with Crippen LogP contribution in [0, 0.1) is 0 Å². The minimum absolute atomic E-state index is 0.158. The van der Waals surface area contributed by atoms with Crippen molar-refractivity contribution in [2.24, 2.45) is 0 Å². The highest BCUT2D eigenvalue weighted by molar-refractivity contribution is 5.46. The molecule has 22 heavy (non-hydrogen) atoms. The van der Waals surface area contributed by atoms with Crippen LogP contribution in [-0.2, 0) is 12.7 Å². The zero-order valence-corrected chi connectivity index (χ0v) is 12.6. The predicted molar refractivity (Wildman–Crippen MR) is 80.3 cm³/mol. The molecule has 2 fully saturated rings. The molecule has 3 rings (SSSR count). The highest BCUT2D eigenvalue weighted by Crippen LogP contribution is 2.34. The molecule has 0 aromatic heterocycles. The van der Waals surface area contributed by atoms with E-state index < -0.39 is 11.7 Å². The van der Waals surface area contributed by atoms with E-state index in [-0.39, 0.29) is 5.69 Å². The molecule has 0 radical (unpaired) electrons. The van der Waals surface area contributed by atoms with Crippen molar-refractivity contribution in [3.8, 4) is 0 Å². The van der Waals surface area contributed by atoms with Crippen molar-refractivity contribution in [1.29, 1.82) is 0 Å². The smallest absolute Gasteiger partial charge is 0.399 e. The normalized spacial score (nSPS) is 21.8. The molecule has 1 heterocycles. The first-order valence-corrected chi connectivity index (χ1v) is 7.85. The lowest BCUT2D eigenvalue weighted by atomic mass is 9.91. The van der Waals surface area contributed by atoms with Crippen molar-refractivity contribution in [3.05, 3.63) is 29.3 Å². The summed E-state index contributed by atoms with van der Waals surface area (Å²) in [6.07, 6.45) is -0.490. The average Bonchev–Trinajstić information content (AvgIpc) is 2.40. The van der Waals surface area contributed by atoms with Crippen LogP contribution >= 0.6 is 0 Å². The van der Waals surface area contributed by atoms with Gasteiger partial charge < -0.3 is 5.73 Å². The summed E-state index contributed by atoms with van der Waals surface area (Å²) < 4.78 is 39.4. The van der Waals surface area contributed by atoms with E-state index in [4.69, 9.17) is 5.73 Å². The van der Waals surface area contributed by atoms with Gasteiger partial charge in [-0.3, -0.25) is 9.80 Å².